The Hall–Kier alpha value is -1.55. The minimum absolute atomic E-state index is 0.480. The molecule has 1 N–H and O–H groups in total. The Morgan fingerprint density at radius 2 is 2.21 bits per heavy atom. The Morgan fingerprint density at radius 3 is 2.89 bits per heavy atom. The van der Waals surface area contributed by atoms with E-state index in [0.29, 0.717) is 12.1 Å². The molecule has 0 bridgehead atoms. The van der Waals surface area contributed by atoms with E-state index in [-0.39, 0.29) is 0 Å². The van der Waals surface area contributed by atoms with Crippen LogP contribution in [0, 0.1) is 0 Å². The topological polar surface area (TPSA) is 32.6 Å². The minimum Gasteiger partial charge on any atom is -0.355 e. The monoisotopic (exact) mass is 258 g/mol. The van der Waals surface area contributed by atoms with Gasteiger partial charge in [-0.05, 0) is 25.0 Å². The first-order chi connectivity index (χ1) is 9.16. The van der Waals surface area contributed by atoms with E-state index in [2.05, 4.69) is 53.8 Å². The summed E-state index contributed by atoms with van der Waals surface area (Å²) in [6.45, 7) is 5.20. The zero-order chi connectivity index (χ0) is 13.4. The quantitative estimate of drug-likeness (QED) is 0.894. The minimum atomic E-state index is 0.480. The van der Waals surface area contributed by atoms with E-state index in [1.165, 1.54) is 18.5 Å². The molecule has 0 aliphatic heterocycles. The van der Waals surface area contributed by atoms with Crippen LogP contribution in [0.25, 0.3) is 5.65 Å². The smallest absolute Gasteiger partial charge is 0.152 e. The van der Waals surface area contributed by atoms with Crippen LogP contribution in [-0.4, -0.2) is 28.5 Å². The molecule has 3 rings (SSSR count). The number of anilines is 1. The van der Waals surface area contributed by atoms with Gasteiger partial charge < -0.3 is 14.6 Å². The van der Waals surface area contributed by atoms with Crippen LogP contribution in [0.15, 0.2) is 24.4 Å². The van der Waals surface area contributed by atoms with Crippen LogP contribution >= 0.6 is 0 Å². The van der Waals surface area contributed by atoms with Gasteiger partial charge in [0.2, 0.25) is 0 Å². The number of nitrogens with one attached hydrogen (secondary N) is 1. The van der Waals surface area contributed by atoms with E-state index < -0.39 is 0 Å². The molecule has 0 unspecified atom stereocenters. The van der Waals surface area contributed by atoms with Crippen molar-refractivity contribution >= 4 is 11.5 Å². The van der Waals surface area contributed by atoms with Crippen molar-refractivity contribution in [1.29, 1.82) is 0 Å². The summed E-state index contributed by atoms with van der Waals surface area (Å²) in [7, 11) is 2.16. The molecule has 0 amide bonds. The maximum absolute atomic E-state index is 4.80. The summed E-state index contributed by atoms with van der Waals surface area (Å²) < 4.78 is 2.20. The lowest BCUT2D eigenvalue weighted by molar-refractivity contribution is 0.578. The van der Waals surface area contributed by atoms with Crippen molar-refractivity contribution in [2.45, 2.75) is 45.3 Å². The third kappa shape index (κ3) is 2.45. The zero-order valence-electron chi connectivity index (χ0n) is 11.9. The molecule has 0 atom stereocenters. The van der Waals surface area contributed by atoms with Crippen LogP contribution < -0.4 is 10.2 Å². The fourth-order valence-electron chi connectivity index (χ4n) is 2.42. The number of rotatable bonds is 5. The molecule has 0 spiro atoms. The largest absolute Gasteiger partial charge is 0.355 e. The summed E-state index contributed by atoms with van der Waals surface area (Å²) in [5.41, 5.74) is 2.30. The molecule has 1 aliphatic carbocycles. The van der Waals surface area contributed by atoms with Crippen molar-refractivity contribution in [1.82, 2.24) is 14.7 Å². The number of hydrogen-bond donors (Lipinski definition) is 1. The van der Waals surface area contributed by atoms with Crippen molar-refractivity contribution in [3.8, 4) is 0 Å². The highest BCUT2D eigenvalue weighted by atomic mass is 15.3. The molecule has 2 heterocycles. The van der Waals surface area contributed by atoms with Gasteiger partial charge >= 0.3 is 0 Å². The highest BCUT2D eigenvalue weighted by Gasteiger charge is 2.29. The Bertz CT molecular complexity index is 569. The second-order valence-electron chi connectivity index (χ2n) is 5.69. The van der Waals surface area contributed by atoms with Gasteiger partial charge in [0.25, 0.3) is 0 Å². The molecule has 19 heavy (non-hydrogen) atoms. The van der Waals surface area contributed by atoms with Gasteiger partial charge in [-0.2, -0.15) is 0 Å². The average Bonchev–Trinajstić information content (AvgIpc) is 3.17. The summed E-state index contributed by atoms with van der Waals surface area (Å²) >= 11 is 0. The molecule has 1 aliphatic rings. The van der Waals surface area contributed by atoms with Crippen molar-refractivity contribution in [3.63, 3.8) is 0 Å². The van der Waals surface area contributed by atoms with Crippen molar-refractivity contribution < 1.29 is 0 Å². The van der Waals surface area contributed by atoms with Gasteiger partial charge in [0.1, 0.15) is 5.65 Å². The molecular weight excluding hydrogens is 236 g/mol. The van der Waals surface area contributed by atoms with Crippen LogP contribution in [0.1, 0.15) is 32.4 Å². The average molecular weight is 258 g/mol. The van der Waals surface area contributed by atoms with Crippen LogP contribution in [-0.2, 0) is 6.54 Å². The maximum atomic E-state index is 4.80. The second kappa shape index (κ2) is 4.85. The molecule has 2 aromatic rings. The van der Waals surface area contributed by atoms with E-state index in [0.717, 1.165) is 18.0 Å². The number of fused-ring (bicyclic) bond motifs is 1. The van der Waals surface area contributed by atoms with Gasteiger partial charge in [0, 0.05) is 31.9 Å². The van der Waals surface area contributed by atoms with Gasteiger partial charge in [0.15, 0.2) is 5.82 Å². The van der Waals surface area contributed by atoms with Crippen molar-refractivity contribution in [3.05, 3.63) is 30.1 Å². The number of nitrogens with zero attached hydrogens (tertiary/aromatic N) is 3. The molecule has 0 aromatic carbocycles. The van der Waals surface area contributed by atoms with Crippen LogP contribution in [0.2, 0.25) is 0 Å². The third-order valence-electron chi connectivity index (χ3n) is 3.71. The van der Waals surface area contributed by atoms with E-state index in [1.54, 1.807) is 0 Å². The maximum Gasteiger partial charge on any atom is 0.152 e. The molecule has 4 heteroatoms. The van der Waals surface area contributed by atoms with Crippen molar-refractivity contribution in [2.75, 3.05) is 11.9 Å². The van der Waals surface area contributed by atoms with Crippen molar-refractivity contribution in [2.24, 2.45) is 0 Å². The standard InChI is InChI=1S/C15H22N4/c1-11(2)16-10-13-15(18(3)12-7-8-12)17-14-6-4-5-9-19(13)14/h4-6,9,11-12,16H,7-8,10H2,1-3H3. The van der Waals surface area contributed by atoms with Gasteiger partial charge in [-0.15, -0.1) is 0 Å². The summed E-state index contributed by atoms with van der Waals surface area (Å²) in [5, 5.41) is 3.51. The lowest BCUT2D eigenvalue weighted by Crippen LogP contribution is -2.26. The fourth-order valence-corrected chi connectivity index (χ4v) is 2.42. The van der Waals surface area contributed by atoms with Crippen LogP contribution in [0.5, 0.6) is 0 Å². The molecule has 102 valence electrons. The van der Waals surface area contributed by atoms with E-state index in [9.17, 15) is 0 Å². The summed E-state index contributed by atoms with van der Waals surface area (Å²) in [6, 6.07) is 7.34. The molecule has 1 saturated carbocycles. The Balaban J connectivity index is 2.00. The van der Waals surface area contributed by atoms with E-state index in [1.807, 2.05) is 6.07 Å². The van der Waals surface area contributed by atoms with Gasteiger partial charge in [-0.25, -0.2) is 4.98 Å². The number of hydrogen-bond acceptors (Lipinski definition) is 3. The van der Waals surface area contributed by atoms with Gasteiger partial charge in [0.05, 0.1) is 5.69 Å². The first-order valence-electron chi connectivity index (χ1n) is 7.09. The Kier molecular flexibility index (Phi) is 3.19. The predicted octanol–water partition coefficient (Wildman–Crippen LogP) is 2.43. The molecular formula is C15H22N4. The molecule has 0 saturated heterocycles. The van der Waals surface area contributed by atoms with Crippen LogP contribution in [0.3, 0.4) is 0 Å². The SMILES string of the molecule is CC(C)NCc1c(N(C)C2CC2)nc2ccccn12. The second-order valence-corrected chi connectivity index (χ2v) is 5.69. The van der Waals surface area contributed by atoms with E-state index >= 15 is 0 Å². The normalized spacial score (nSPS) is 15.4. The zero-order valence-corrected chi connectivity index (χ0v) is 11.9. The van der Waals surface area contributed by atoms with Gasteiger partial charge in [-0.3, -0.25) is 0 Å². The molecule has 0 radical (unpaired) electrons. The highest BCUT2D eigenvalue weighted by Crippen LogP contribution is 2.32. The van der Waals surface area contributed by atoms with E-state index in [4.69, 9.17) is 4.98 Å². The predicted molar refractivity (Wildman–Crippen MR) is 78.6 cm³/mol. The summed E-state index contributed by atoms with van der Waals surface area (Å²) in [6.07, 6.45) is 4.69. The molecule has 4 nitrogen and oxygen atoms in total. The van der Waals surface area contributed by atoms with Crippen LogP contribution in [0.4, 0.5) is 5.82 Å². The molecule has 1 fully saturated rings. The summed E-state index contributed by atoms with van der Waals surface area (Å²) in [5.74, 6) is 1.13. The first kappa shape index (κ1) is 12.5. The molecule has 2 aromatic heterocycles. The number of pyridine rings is 1. The highest BCUT2D eigenvalue weighted by molar-refractivity contribution is 5.56. The van der Waals surface area contributed by atoms with Gasteiger partial charge in [-0.1, -0.05) is 19.9 Å². The summed E-state index contributed by atoms with van der Waals surface area (Å²) in [4.78, 5) is 7.14. The number of imidazole rings is 1. The number of aromatic nitrogens is 2. The first-order valence-corrected chi connectivity index (χ1v) is 7.09. The fraction of sp³-hybridized carbons (Fsp3) is 0.533. The lowest BCUT2D eigenvalue weighted by atomic mass is 10.3. The third-order valence-corrected chi connectivity index (χ3v) is 3.71. The lowest BCUT2D eigenvalue weighted by Gasteiger charge is -2.18. The Labute approximate surface area is 114 Å². The Morgan fingerprint density at radius 1 is 1.42 bits per heavy atom.